The first-order valence-electron chi connectivity index (χ1n) is 8.51. The Kier molecular flexibility index (Phi) is 4.13. The summed E-state index contributed by atoms with van der Waals surface area (Å²) in [6.45, 7) is 2.95. The summed E-state index contributed by atoms with van der Waals surface area (Å²) in [4.78, 5) is 0. The molecule has 1 aliphatic rings. The van der Waals surface area contributed by atoms with Gasteiger partial charge in [0.1, 0.15) is 35.3 Å². The summed E-state index contributed by atoms with van der Waals surface area (Å²) >= 11 is 0. The molecule has 2 aromatic heterocycles. The van der Waals surface area contributed by atoms with Gasteiger partial charge in [0.25, 0.3) is 0 Å². The fraction of sp³-hybridized carbons (Fsp3) is 0.389. The first-order chi connectivity index (χ1) is 12.2. The average molecular weight is 340 g/mol. The minimum Gasteiger partial charge on any atom is -0.508 e. The van der Waals surface area contributed by atoms with Crippen molar-refractivity contribution in [2.75, 3.05) is 0 Å². The number of phenols is 1. The third-order valence-electron chi connectivity index (χ3n) is 4.30. The molecule has 1 aromatic carbocycles. The quantitative estimate of drug-likeness (QED) is 0.711. The minimum absolute atomic E-state index is 0.172. The van der Waals surface area contributed by atoms with Crippen molar-refractivity contribution >= 4 is 0 Å². The number of benzene rings is 1. The van der Waals surface area contributed by atoms with Gasteiger partial charge in [-0.3, -0.25) is 0 Å². The molecule has 0 aliphatic heterocycles. The lowest BCUT2D eigenvalue weighted by atomic mass is 10.1. The van der Waals surface area contributed by atoms with Crippen LogP contribution in [-0.4, -0.2) is 25.3 Å². The summed E-state index contributed by atoms with van der Waals surface area (Å²) in [6.07, 6.45) is 5.14. The van der Waals surface area contributed by atoms with E-state index in [1.165, 1.54) is 18.4 Å². The number of rotatable bonds is 7. The number of hydrogen-bond donors (Lipinski definition) is 1. The molecule has 7 heteroatoms. The van der Waals surface area contributed by atoms with Gasteiger partial charge in [-0.2, -0.15) is 0 Å². The van der Waals surface area contributed by atoms with Crippen molar-refractivity contribution in [1.82, 2.24) is 20.2 Å². The third-order valence-corrected chi connectivity index (χ3v) is 4.30. The summed E-state index contributed by atoms with van der Waals surface area (Å²) in [7, 11) is 0. The Morgan fingerprint density at radius 1 is 1.36 bits per heavy atom. The van der Waals surface area contributed by atoms with Crippen LogP contribution < -0.4 is 4.74 Å². The van der Waals surface area contributed by atoms with Crippen molar-refractivity contribution < 1.29 is 14.4 Å². The average Bonchev–Trinajstić information content (AvgIpc) is 3.23. The molecule has 25 heavy (non-hydrogen) atoms. The van der Waals surface area contributed by atoms with Crippen LogP contribution in [0.5, 0.6) is 11.5 Å². The van der Waals surface area contributed by atoms with Gasteiger partial charge in [0.2, 0.25) is 0 Å². The number of ether oxygens (including phenoxy) is 1. The highest BCUT2D eigenvalue weighted by Crippen LogP contribution is 2.42. The van der Waals surface area contributed by atoms with Crippen molar-refractivity contribution in [3.63, 3.8) is 0 Å². The zero-order chi connectivity index (χ0) is 17.2. The van der Waals surface area contributed by atoms with Crippen LogP contribution in [0.25, 0.3) is 0 Å². The van der Waals surface area contributed by atoms with Crippen molar-refractivity contribution in [1.29, 1.82) is 0 Å². The Balaban J connectivity index is 1.41. The fourth-order valence-corrected chi connectivity index (χ4v) is 2.89. The van der Waals surface area contributed by atoms with Gasteiger partial charge in [0, 0.05) is 17.5 Å². The fourth-order valence-electron chi connectivity index (χ4n) is 2.89. The van der Waals surface area contributed by atoms with Crippen LogP contribution in [0.2, 0.25) is 0 Å². The van der Waals surface area contributed by atoms with Gasteiger partial charge in [-0.1, -0.05) is 23.4 Å². The zero-order valence-corrected chi connectivity index (χ0v) is 14.1. The molecule has 0 atom stereocenters. The number of aromatic nitrogens is 4. The first kappa shape index (κ1) is 15.7. The standard InChI is InChI=1S/C18H20N4O3/c1-2-16-17(20-25-18(16)12-6-7-12)10-22-9-13(19-21-22)11-24-15-5-3-4-14(23)8-15/h3-5,8-9,12,23H,2,6-7,10-11H2,1H3. The van der Waals surface area contributed by atoms with Crippen molar-refractivity contribution in [2.45, 2.75) is 45.3 Å². The summed E-state index contributed by atoms with van der Waals surface area (Å²) in [6, 6.07) is 6.68. The Bertz CT molecular complexity index is 867. The molecular formula is C18H20N4O3. The molecule has 4 rings (SSSR count). The molecule has 1 N–H and O–H groups in total. The SMILES string of the molecule is CCc1c(Cn2cc(COc3cccc(O)c3)nn2)noc1C1CC1. The lowest BCUT2D eigenvalue weighted by Gasteiger charge is -2.03. The van der Waals surface area contributed by atoms with E-state index in [4.69, 9.17) is 9.26 Å². The predicted molar refractivity (Wildman–Crippen MR) is 89.4 cm³/mol. The number of aromatic hydroxyl groups is 1. The van der Waals surface area contributed by atoms with Crippen LogP contribution in [0.1, 0.15) is 48.4 Å². The molecule has 0 saturated heterocycles. The highest BCUT2D eigenvalue weighted by molar-refractivity contribution is 5.32. The lowest BCUT2D eigenvalue weighted by Crippen LogP contribution is -2.03. The topological polar surface area (TPSA) is 86.2 Å². The van der Waals surface area contributed by atoms with Gasteiger partial charge in [0.15, 0.2) is 0 Å². The number of nitrogens with zero attached hydrogens (tertiary/aromatic N) is 4. The summed E-state index contributed by atoms with van der Waals surface area (Å²) < 4.78 is 12.9. The van der Waals surface area contributed by atoms with Gasteiger partial charge in [0.05, 0.1) is 12.7 Å². The Morgan fingerprint density at radius 3 is 3.00 bits per heavy atom. The van der Waals surface area contributed by atoms with E-state index in [9.17, 15) is 5.11 Å². The van der Waals surface area contributed by atoms with Gasteiger partial charge in [-0.05, 0) is 31.4 Å². The van der Waals surface area contributed by atoms with Crippen LogP contribution in [0.4, 0.5) is 0 Å². The van der Waals surface area contributed by atoms with E-state index >= 15 is 0 Å². The molecule has 0 spiro atoms. The van der Waals surface area contributed by atoms with E-state index in [1.54, 1.807) is 28.9 Å². The number of phenolic OH excluding ortho intramolecular Hbond substituents is 1. The van der Waals surface area contributed by atoms with Crippen LogP contribution in [0.15, 0.2) is 35.0 Å². The van der Waals surface area contributed by atoms with E-state index < -0.39 is 0 Å². The molecular weight excluding hydrogens is 320 g/mol. The van der Waals surface area contributed by atoms with Crippen molar-refractivity contribution in [3.8, 4) is 11.5 Å². The van der Waals surface area contributed by atoms with Crippen LogP contribution in [-0.2, 0) is 19.6 Å². The Morgan fingerprint density at radius 2 is 2.24 bits per heavy atom. The third kappa shape index (κ3) is 3.50. The zero-order valence-electron chi connectivity index (χ0n) is 14.1. The maximum atomic E-state index is 9.45. The molecule has 1 saturated carbocycles. The smallest absolute Gasteiger partial charge is 0.143 e. The normalized spacial score (nSPS) is 14.0. The van der Waals surface area contributed by atoms with Crippen LogP contribution >= 0.6 is 0 Å². The maximum Gasteiger partial charge on any atom is 0.143 e. The molecule has 1 fully saturated rings. The monoisotopic (exact) mass is 340 g/mol. The van der Waals surface area contributed by atoms with Gasteiger partial charge < -0.3 is 14.4 Å². The molecule has 0 radical (unpaired) electrons. The predicted octanol–water partition coefficient (Wildman–Crippen LogP) is 3.04. The molecule has 3 aromatic rings. The van der Waals surface area contributed by atoms with Gasteiger partial charge in [-0.25, -0.2) is 4.68 Å². The maximum absolute atomic E-state index is 9.45. The van der Waals surface area contributed by atoms with E-state index in [2.05, 4.69) is 22.4 Å². The molecule has 1 aliphatic carbocycles. The second-order valence-electron chi connectivity index (χ2n) is 6.29. The second kappa shape index (κ2) is 6.58. The van der Waals surface area contributed by atoms with E-state index in [1.807, 2.05) is 6.20 Å². The molecule has 2 heterocycles. The van der Waals surface area contributed by atoms with Crippen LogP contribution in [0.3, 0.4) is 0 Å². The minimum atomic E-state index is 0.172. The van der Waals surface area contributed by atoms with Gasteiger partial charge >= 0.3 is 0 Å². The van der Waals surface area contributed by atoms with E-state index in [0.29, 0.717) is 23.9 Å². The Hall–Kier alpha value is -2.83. The highest BCUT2D eigenvalue weighted by atomic mass is 16.5. The van der Waals surface area contributed by atoms with Crippen molar-refractivity contribution in [3.05, 3.63) is 53.2 Å². The number of hydrogen-bond acceptors (Lipinski definition) is 6. The van der Waals surface area contributed by atoms with Gasteiger partial charge in [-0.15, -0.1) is 5.10 Å². The Labute approximate surface area is 145 Å². The second-order valence-corrected chi connectivity index (χ2v) is 6.29. The molecule has 0 bridgehead atoms. The summed E-state index contributed by atoms with van der Waals surface area (Å²) in [5.41, 5.74) is 2.85. The molecule has 130 valence electrons. The molecule has 0 amide bonds. The first-order valence-corrected chi connectivity index (χ1v) is 8.51. The van der Waals surface area contributed by atoms with E-state index in [-0.39, 0.29) is 12.4 Å². The van der Waals surface area contributed by atoms with Crippen molar-refractivity contribution in [2.24, 2.45) is 0 Å². The molecule has 7 nitrogen and oxygen atoms in total. The van der Waals surface area contributed by atoms with Crippen LogP contribution in [0, 0.1) is 0 Å². The highest BCUT2D eigenvalue weighted by Gasteiger charge is 2.31. The largest absolute Gasteiger partial charge is 0.508 e. The lowest BCUT2D eigenvalue weighted by molar-refractivity contribution is 0.299. The van der Waals surface area contributed by atoms with E-state index in [0.717, 1.165) is 17.9 Å². The summed E-state index contributed by atoms with van der Waals surface area (Å²) in [5.74, 6) is 2.36. The summed E-state index contributed by atoms with van der Waals surface area (Å²) in [5, 5.41) is 21.9. The molecule has 0 unspecified atom stereocenters.